The van der Waals surface area contributed by atoms with Crippen LogP contribution in [0.25, 0.3) is 0 Å². The van der Waals surface area contributed by atoms with Gasteiger partial charge >= 0.3 is 0 Å². The summed E-state index contributed by atoms with van der Waals surface area (Å²) in [5.41, 5.74) is 0. The fourth-order valence-corrected chi connectivity index (χ4v) is 1.55. The quantitative estimate of drug-likeness (QED) is 0.261. The first-order chi connectivity index (χ1) is 7.35. The van der Waals surface area contributed by atoms with Crippen LogP contribution in [0.1, 0.15) is 39.5 Å². The molecule has 0 unspecified atom stereocenters. The van der Waals surface area contributed by atoms with Gasteiger partial charge in [0.05, 0.1) is 0 Å². The second-order valence-corrected chi connectivity index (χ2v) is 4.01. The first-order valence-electron chi connectivity index (χ1n) is 5.79. The number of hydrogen-bond acceptors (Lipinski definition) is 2. The summed E-state index contributed by atoms with van der Waals surface area (Å²) in [5, 5.41) is 1.05. The number of unbranched alkanes of at least 4 members (excludes halogenated alkanes) is 1. The third-order valence-electron chi connectivity index (χ3n) is 1.96. The van der Waals surface area contributed by atoms with E-state index in [1.807, 2.05) is 13.8 Å². The molecule has 0 aliphatic heterocycles. The van der Waals surface area contributed by atoms with Crippen LogP contribution in [0.15, 0.2) is 12.2 Å². The maximum absolute atomic E-state index is 5.46. The van der Waals surface area contributed by atoms with E-state index in [1.54, 1.807) is 0 Å². The van der Waals surface area contributed by atoms with Gasteiger partial charge in [-0.25, -0.2) is 0 Å². The molecule has 0 aliphatic carbocycles. The molecule has 0 aliphatic rings. The number of allylic oxidation sites excluding steroid dienone is 2. The molecule has 0 N–H and O–H groups in total. The normalized spacial score (nSPS) is 11.7. The van der Waals surface area contributed by atoms with Gasteiger partial charge < -0.3 is 9.47 Å². The van der Waals surface area contributed by atoms with Crippen molar-refractivity contribution in [3.05, 3.63) is 12.2 Å². The van der Waals surface area contributed by atoms with Crippen molar-refractivity contribution in [2.24, 2.45) is 0 Å². The molecule has 0 fully saturated rings. The molecule has 15 heavy (non-hydrogen) atoms. The Morgan fingerprint density at radius 3 is 2.20 bits per heavy atom. The molecule has 0 aromatic heterocycles. The monoisotopic (exact) mass is 278 g/mol. The van der Waals surface area contributed by atoms with Gasteiger partial charge in [0.15, 0.2) is 6.29 Å². The second-order valence-electron chi connectivity index (χ2n) is 3.22. The van der Waals surface area contributed by atoms with Crippen molar-refractivity contribution in [2.75, 3.05) is 18.5 Å². The summed E-state index contributed by atoms with van der Waals surface area (Å²) in [6.45, 7) is 5.46. The van der Waals surface area contributed by atoms with Crippen LogP contribution < -0.4 is 0 Å². The highest BCUT2D eigenvalue weighted by Gasteiger charge is 2.05. The maximum atomic E-state index is 5.46. The third kappa shape index (κ3) is 10.4. The molecule has 0 aromatic carbocycles. The smallest absolute Gasteiger partial charge is 0.157 e. The van der Waals surface area contributed by atoms with Gasteiger partial charge in [-0.1, -0.05) is 28.1 Å². The van der Waals surface area contributed by atoms with Gasteiger partial charge in [-0.3, -0.25) is 0 Å². The Morgan fingerprint density at radius 2 is 1.67 bits per heavy atom. The maximum Gasteiger partial charge on any atom is 0.157 e. The molecule has 0 saturated carbocycles. The van der Waals surface area contributed by atoms with Crippen LogP contribution in [0.3, 0.4) is 0 Å². The lowest BCUT2D eigenvalue weighted by Crippen LogP contribution is -2.16. The Hall–Kier alpha value is 0.140. The predicted octanol–water partition coefficient (Wildman–Crippen LogP) is 3.90. The van der Waals surface area contributed by atoms with Crippen LogP contribution in [0.2, 0.25) is 0 Å². The first kappa shape index (κ1) is 15.1. The van der Waals surface area contributed by atoms with E-state index in [2.05, 4.69) is 28.1 Å². The van der Waals surface area contributed by atoms with Gasteiger partial charge in [-0.2, -0.15) is 0 Å². The van der Waals surface area contributed by atoms with E-state index in [0.29, 0.717) is 0 Å². The highest BCUT2D eigenvalue weighted by Crippen LogP contribution is 2.07. The molecular weight excluding hydrogens is 256 g/mol. The SMILES string of the molecule is CCOC(CCC/C=C\CCBr)OCC. The molecule has 0 amide bonds. The number of halogens is 1. The summed E-state index contributed by atoms with van der Waals surface area (Å²) in [6, 6.07) is 0. The summed E-state index contributed by atoms with van der Waals surface area (Å²) < 4.78 is 10.9. The van der Waals surface area contributed by atoms with Crippen molar-refractivity contribution in [1.82, 2.24) is 0 Å². The van der Waals surface area contributed by atoms with E-state index in [9.17, 15) is 0 Å². The van der Waals surface area contributed by atoms with Gasteiger partial charge in [-0.05, 0) is 39.5 Å². The average Bonchev–Trinajstić information content (AvgIpc) is 2.24. The van der Waals surface area contributed by atoms with E-state index in [1.165, 1.54) is 0 Å². The van der Waals surface area contributed by atoms with Gasteiger partial charge in [0.1, 0.15) is 0 Å². The van der Waals surface area contributed by atoms with Crippen LogP contribution in [0, 0.1) is 0 Å². The lowest BCUT2D eigenvalue weighted by Gasteiger charge is -2.15. The Bertz CT molecular complexity index is 143. The number of ether oxygens (including phenoxy) is 2. The van der Waals surface area contributed by atoms with Crippen LogP contribution in [0.5, 0.6) is 0 Å². The summed E-state index contributed by atoms with van der Waals surface area (Å²) in [4.78, 5) is 0. The Balaban J connectivity index is 3.43. The Labute approximate surface area is 102 Å². The summed E-state index contributed by atoms with van der Waals surface area (Å²) >= 11 is 3.39. The predicted molar refractivity (Wildman–Crippen MR) is 68.4 cm³/mol. The Kier molecular flexibility index (Phi) is 12.3. The van der Waals surface area contributed by atoms with Crippen LogP contribution in [-0.4, -0.2) is 24.8 Å². The van der Waals surface area contributed by atoms with Gasteiger partial charge in [-0.15, -0.1) is 0 Å². The van der Waals surface area contributed by atoms with Gasteiger partial charge in [0.2, 0.25) is 0 Å². The molecule has 0 radical (unpaired) electrons. The minimum atomic E-state index is -0.00965. The minimum absolute atomic E-state index is 0.00965. The van der Waals surface area contributed by atoms with E-state index in [0.717, 1.165) is 44.2 Å². The van der Waals surface area contributed by atoms with Crippen LogP contribution in [-0.2, 0) is 9.47 Å². The minimum Gasteiger partial charge on any atom is -0.353 e. The summed E-state index contributed by atoms with van der Waals surface area (Å²) in [5.74, 6) is 0. The molecule has 0 atom stereocenters. The highest BCUT2D eigenvalue weighted by molar-refractivity contribution is 9.09. The molecule has 2 nitrogen and oxygen atoms in total. The molecule has 0 aromatic rings. The molecule has 0 rings (SSSR count). The van der Waals surface area contributed by atoms with E-state index in [-0.39, 0.29) is 6.29 Å². The molecule has 90 valence electrons. The van der Waals surface area contributed by atoms with Crippen molar-refractivity contribution >= 4 is 15.9 Å². The van der Waals surface area contributed by atoms with Crippen molar-refractivity contribution in [1.29, 1.82) is 0 Å². The van der Waals surface area contributed by atoms with Crippen LogP contribution >= 0.6 is 15.9 Å². The first-order valence-corrected chi connectivity index (χ1v) is 6.91. The van der Waals surface area contributed by atoms with Crippen LogP contribution in [0.4, 0.5) is 0 Å². The second kappa shape index (κ2) is 12.2. The van der Waals surface area contributed by atoms with E-state index < -0.39 is 0 Å². The largest absolute Gasteiger partial charge is 0.353 e. The third-order valence-corrected chi connectivity index (χ3v) is 2.42. The van der Waals surface area contributed by atoms with E-state index >= 15 is 0 Å². The summed E-state index contributed by atoms with van der Waals surface area (Å²) in [6.07, 6.45) is 8.78. The topological polar surface area (TPSA) is 18.5 Å². The lowest BCUT2D eigenvalue weighted by molar-refractivity contribution is -0.139. The molecular formula is C12H23BrO2. The average molecular weight is 279 g/mol. The van der Waals surface area contributed by atoms with Gasteiger partial charge in [0.25, 0.3) is 0 Å². The van der Waals surface area contributed by atoms with Gasteiger partial charge in [0, 0.05) is 18.5 Å². The summed E-state index contributed by atoms with van der Waals surface area (Å²) in [7, 11) is 0. The molecule has 0 bridgehead atoms. The van der Waals surface area contributed by atoms with E-state index in [4.69, 9.17) is 9.47 Å². The molecule has 3 heteroatoms. The molecule has 0 heterocycles. The highest BCUT2D eigenvalue weighted by atomic mass is 79.9. The number of alkyl halides is 1. The van der Waals surface area contributed by atoms with Crippen molar-refractivity contribution < 1.29 is 9.47 Å². The zero-order valence-electron chi connectivity index (χ0n) is 9.88. The zero-order chi connectivity index (χ0) is 11.4. The van der Waals surface area contributed by atoms with Crippen molar-refractivity contribution in [3.8, 4) is 0 Å². The Morgan fingerprint density at radius 1 is 1.07 bits per heavy atom. The fourth-order valence-electron chi connectivity index (χ4n) is 1.29. The molecule has 0 spiro atoms. The lowest BCUT2D eigenvalue weighted by atomic mass is 10.2. The number of hydrogen-bond donors (Lipinski definition) is 0. The molecule has 0 saturated heterocycles. The standard InChI is InChI=1S/C12H23BrO2/c1-3-14-12(15-4-2)10-8-6-5-7-9-11-13/h5,7,12H,3-4,6,8-11H2,1-2H3/b7-5-. The van der Waals surface area contributed by atoms with Crippen molar-refractivity contribution in [3.63, 3.8) is 0 Å². The van der Waals surface area contributed by atoms with Crippen molar-refractivity contribution in [2.45, 2.75) is 45.8 Å². The number of rotatable bonds is 10. The fraction of sp³-hybridized carbons (Fsp3) is 0.833. The zero-order valence-corrected chi connectivity index (χ0v) is 11.5.